The Kier molecular flexibility index (Phi) is 31.1. The lowest BCUT2D eigenvalue weighted by Crippen LogP contribution is -2.28. The Bertz CT molecular complexity index is 574. The maximum Gasteiger partial charge on any atom is 0.306 e. The van der Waals surface area contributed by atoms with Gasteiger partial charge in [-0.2, -0.15) is 0 Å². The molecule has 236 valence electrons. The lowest BCUT2D eigenvalue weighted by molar-refractivity contribution is -0.161. The number of rotatable bonds is 31. The number of unbranched alkanes of at least 4 members (excludes halogenated alkanes) is 21. The predicted octanol–water partition coefficient (Wildman–Crippen LogP) is 10.2. The van der Waals surface area contributed by atoms with Crippen molar-refractivity contribution in [2.75, 3.05) is 13.2 Å². The van der Waals surface area contributed by atoms with Crippen LogP contribution in [0.3, 0.4) is 0 Å². The standard InChI is InChI=1S/C35H66O5/c1-3-5-7-9-11-13-15-17-18-20-21-23-25-27-29-34(37)39-32-33(31-36)40-35(38)30-28-26-24-22-19-16-14-12-10-8-6-4-2/h15,17,33,36H,3-14,16,18-32H2,1-2H3/b17-15+/t33-/m0/s1. The summed E-state index contributed by atoms with van der Waals surface area (Å²) < 4.78 is 10.5. The van der Waals surface area contributed by atoms with Gasteiger partial charge in [0.15, 0.2) is 6.10 Å². The SMILES string of the molecule is CCCCCCC/C=C/CCCCCCCC(=O)OC[C@H](CO)OC(=O)CCCCCCCCCCCCCC. The van der Waals surface area contributed by atoms with Crippen molar-refractivity contribution in [3.8, 4) is 0 Å². The predicted molar refractivity (Wildman–Crippen MR) is 168 cm³/mol. The van der Waals surface area contributed by atoms with Gasteiger partial charge in [0, 0.05) is 12.8 Å². The topological polar surface area (TPSA) is 72.8 Å². The summed E-state index contributed by atoms with van der Waals surface area (Å²) in [5.41, 5.74) is 0. The molecular weight excluding hydrogens is 500 g/mol. The van der Waals surface area contributed by atoms with Crippen LogP contribution < -0.4 is 0 Å². The van der Waals surface area contributed by atoms with Crippen LogP contribution in [-0.4, -0.2) is 36.4 Å². The van der Waals surface area contributed by atoms with Crippen molar-refractivity contribution in [1.29, 1.82) is 0 Å². The van der Waals surface area contributed by atoms with E-state index in [0.29, 0.717) is 12.8 Å². The van der Waals surface area contributed by atoms with Crippen molar-refractivity contribution >= 4 is 11.9 Å². The largest absolute Gasteiger partial charge is 0.462 e. The van der Waals surface area contributed by atoms with Crippen LogP contribution in [0.25, 0.3) is 0 Å². The van der Waals surface area contributed by atoms with Crippen molar-refractivity contribution in [3.05, 3.63) is 12.2 Å². The number of hydrogen-bond acceptors (Lipinski definition) is 5. The number of ether oxygens (including phenoxy) is 2. The molecule has 0 saturated carbocycles. The van der Waals surface area contributed by atoms with E-state index >= 15 is 0 Å². The molecule has 0 aromatic carbocycles. The second-order valence-electron chi connectivity index (χ2n) is 11.6. The average Bonchev–Trinajstić information content (AvgIpc) is 2.96. The summed E-state index contributed by atoms with van der Waals surface area (Å²) in [5.74, 6) is -0.596. The van der Waals surface area contributed by atoms with Gasteiger partial charge in [0.25, 0.3) is 0 Å². The van der Waals surface area contributed by atoms with Gasteiger partial charge in [0.1, 0.15) is 6.61 Å². The Balaban J connectivity index is 3.57. The summed E-state index contributed by atoms with van der Waals surface area (Å²) in [7, 11) is 0. The third-order valence-corrected chi connectivity index (χ3v) is 7.56. The highest BCUT2D eigenvalue weighted by Gasteiger charge is 2.16. The van der Waals surface area contributed by atoms with Gasteiger partial charge in [-0.1, -0.05) is 142 Å². The number of hydrogen-bond donors (Lipinski definition) is 1. The number of esters is 2. The van der Waals surface area contributed by atoms with Gasteiger partial charge in [0.2, 0.25) is 0 Å². The highest BCUT2D eigenvalue weighted by atomic mass is 16.6. The number of aliphatic hydroxyl groups is 1. The van der Waals surface area contributed by atoms with Crippen LogP contribution in [0.2, 0.25) is 0 Å². The Hall–Kier alpha value is -1.36. The number of aliphatic hydroxyl groups excluding tert-OH is 1. The van der Waals surface area contributed by atoms with Gasteiger partial charge in [0.05, 0.1) is 6.61 Å². The zero-order chi connectivity index (χ0) is 29.4. The summed E-state index contributed by atoms with van der Waals surface area (Å²) in [6, 6.07) is 0. The third-order valence-electron chi connectivity index (χ3n) is 7.56. The van der Waals surface area contributed by atoms with Gasteiger partial charge < -0.3 is 14.6 Å². The van der Waals surface area contributed by atoms with E-state index in [9.17, 15) is 14.7 Å². The van der Waals surface area contributed by atoms with Gasteiger partial charge in [-0.3, -0.25) is 9.59 Å². The molecule has 5 nitrogen and oxygen atoms in total. The normalized spacial score (nSPS) is 12.2. The van der Waals surface area contributed by atoms with Crippen molar-refractivity contribution in [1.82, 2.24) is 0 Å². The molecule has 5 heteroatoms. The van der Waals surface area contributed by atoms with E-state index in [0.717, 1.165) is 44.9 Å². The molecule has 0 unspecified atom stereocenters. The zero-order valence-corrected chi connectivity index (χ0v) is 26.6. The third kappa shape index (κ3) is 29.6. The monoisotopic (exact) mass is 566 g/mol. The maximum absolute atomic E-state index is 12.1. The van der Waals surface area contributed by atoms with Gasteiger partial charge in [-0.15, -0.1) is 0 Å². The van der Waals surface area contributed by atoms with E-state index in [-0.39, 0.29) is 25.2 Å². The minimum atomic E-state index is -0.766. The van der Waals surface area contributed by atoms with Gasteiger partial charge >= 0.3 is 11.9 Å². The first-order valence-corrected chi connectivity index (χ1v) is 17.2. The molecule has 0 fully saturated rings. The van der Waals surface area contributed by atoms with Crippen LogP contribution >= 0.6 is 0 Å². The molecule has 0 heterocycles. The van der Waals surface area contributed by atoms with Crippen LogP contribution in [0.15, 0.2) is 12.2 Å². The maximum atomic E-state index is 12.1. The van der Waals surface area contributed by atoms with E-state index in [1.807, 2.05) is 0 Å². The summed E-state index contributed by atoms with van der Waals surface area (Å²) in [6.45, 7) is 4.11. The molecule has 0 spiro atoms. The summed E-state index contributed by atoms with van der Waals surface area (Å²) in [6.07, 6.45) is 34.0. The molecule has 0 aliphatic rings. The lowest BCUT2D eigenvalue weighted by atomic mass is 10.0. The minimum Gasteiger partial charge on any atom is -0.462 e. The number of carbonyl (C=O) groups excluding carboxylic acids is 2. The van der Waals surface area contributed by atoms with Crippen LogP contribution in [0.5, 0.6) is 0 Å². The molecule has 1 N–H and O–H groups in total. The van der Waals surface area contributed by atoms with Crippen LogP contribution in [-0.2, 0) is 19.1 Å². The molecule has 0 saturated heterocycles. The second-order valence-corrected chi connectivity index (χ2v) is 11.6. The smallest absolute Gasteiger partial charge is 0.306 e. The molecule has 0 radical (unpaired) electrons. The number of carbonyl (C=O) groups is 2. The van der Waals surface area contributed by atoms with E-state index in [1.54, 1.807) is 0 Å². The quantitative estimate of drug-likeness (QED) is 0.0513. The molecule has 0 rings (SSSR count). The molecule has 0 bridgehead atoms. The minimum absolute atomic E-state index is 0.0650. The molecular formula is C35H66O5. The van der Waals surface area contributed by atoms with E-state index < -0.39 is 6.10 Å². The molecule has 40 heavy (non-hydrogen) atoms. The van der Waals surface area contributed by atoms with E-state index in [1.165, 1.54) is 109 Å². The fourth-order valence-corrected chi connectivity index (χ4v) is 4.90. The zero-order valence-electron chi connectivity index (χ0n) is 26.6. The summed E-state index contributed by atoms with van der Waals surface area (Å²) >= 11 is 0. The first kappa shape index (κ1) is 38.6. The molecule has 1 atom stereocenters. The highest BCUT2D eigenvalue weighted by molar-refractivity contribution is 5.70. The first-order chi connectivity index (χ1) is 19.6. The average molecular weight is 567 g/mol. The Morgan fingerprint density at radius 1 is 0.550 bits per heavy atom. The molecule has 0 aliphatic carbocycles. The highest BCUT2D eigenvalue weighted by Crippen LogP contribution is 2.13. The summed E-state index contributed by atoms with van der Waals surface area (Å²) in [4.78, 5) is 24.1. The Morgan fingerprint density at radius 3 is 1.35 bits per heavy atom. The van der Waals surface area contributed by atoms with Crippen molar-refractivity contribution in [2.24, 2.45) is 0 Å². The number of allylic oxidation sites excluding steroid dienone is 2. The van der Waals surface area contributed by atoms with Crippen molar-refractivity contribution in [2.45, 2.75) is 187 Å². The Labute approximate surface area is 248 Å². The van der Waals surface area contributed by atoms with Gasteiger partial charge in [-0.25, -0.2) is 0 Å². The molecule has 0 aromatic rings. The first-order valence-electron chi connectivity index (χ1n) is 17.2. The lowest BCUT2D eigenvalue weighted by Gasteiger charge is -2.15. The van der Waals surface area contributed by atoms with E-state index in [4.69, 9.17) is 9.47 Å². The van der Waals surface area contributed by atoms with Gasteiger partial charge in [-0.05, 0) is 38.5 Å². The van der Waals surface area contributed by atoms with Crippen LogP contribution in [0.1, 0.15) is 181 Å². The summed E-state index contributed by atoms with van der Waals surface area (Å²) in [5, 5.41) is 9.50. The molecule has 0 aromatic heterocycles. The second kappa shape index (κ2) is 32.2. The fourth-order valence-electron chi connectivity index (χ4n) is 4.90. The van der Waals surface area contributed by atoms with E-state index in [2.05, 4.69) is 26.0 Å². The van der Waals surface area contributed by atoms with Crippen molar-refractivity contribution < 1.29 is 24.2 Å². The fraction of sp³-hybridized carbons (Fsp3) is 0.886. The van der Waals surface area contributed by atoms with Crippen molar-refractivity contribution in [3.63, 3.8) is 0 Å². The molecule has 0 aliphatic heterocycles. The molecule has 0 amide bonds. The van der Waals surface area contributed by atoms with Crippen LogP contribution in [0, 0.1) is 0 Å². The Morgan fingerprint density at radius 2 is 0.925 bits per heavy atom. The van der Waals surface area contributed by atoms with Crippen LogP contribution in [0.4, 0.5) is 0 Å².